The van der Waals surface area contributed by atoms with E-state index in [-0.39, 0.29) is 16.8 Å². The molecular formula is C19H22N2O5S2. The van der Waals surface area contributed by atoms with Crippen LogP contribution in [0.25, 0.3) is 0 Å². The van der Waals surface area contributed by atoms with E-state index in [1.807, 2.05) is 6.92 Å². The quantitative estimate of drug-likeness (QED) is 0.746. The number of carbonyl (C=O) groups is 2. The van der Waals surface area contributed by atoms with Gasteiger partial charge in [-0.25, -0.2) is 13.2 Å². The second kappa shape index (κ2) is 8.42. The summed E-state index contributed by atoms with van der Waals surface area (Å²) in [5.74, 6) is -0.847. The van der Waals surface area contributed by atoms with Crippen molar-refractivity contribution in [2.45, 2.75) is 37.1 Å². The third kappa shape index (κ3) is 4.26. The van der Waals surface area contributed by atoms with Gasteiger partial charge >= 0.3 is 5.97 Å². The largest absolute Gasteiger partial charge is 0.465 e. The molecule has 1 N–H and O–H groups in total. The Bertz CT molecular complexity index is 966. The van der Waals surface area contributed by atoms with E-state index in [1.165, 1.54) is 35.7 Å². The molecule has 0 spiro atoms. The molecule has 0 radical (unpaired) electrons. The fraction of sp³-hybridized carbons (Fsp3) is 0.368. The first-order valence-electron chi connectivity index (χ1n) is 8.94. The van der Waals surface area contributed by atoms with Crippen LogP contribution in [0, 0.1) is 0 Å². The van der Waals surface area contributed by atoms with Crippen LogP contribution in [0.4, 0.5) is 5.00 Å². The molecule has 0 saturated carbocycles. The topological polar surface area (TPSA) is 92.8 Å². The molecule has 1 aromatic heterocycles. The predicted molar refractivity (Wildman–Crippen MR) is 107 cm³/mol. The molecule has 9 heteroatoms. The summed E-state index contributed by atoms with van der Waals surface area (Å²) in [7, 11) is -2.28. The van der Waals surface area contributed by atoms with E-state index in [1.54, 1.807) is 12.1 Å². The summed E-state index contributed by atoms with van der Waals surface area (Å²) in [6.45, 7) is 2.44. The van der Waals surface area contributed by atoms with Crippen molar-refractivity contribution in [2.24, 2.45) is 0 Å². The molecule has 1 amide bonds. The number of amides is 1. The summed E-state index contributed by atoms with van der Waals surface area (Å²) in [6, 6.07) is 9.06. The van der Waals surface area contributed by atoms with Gasteiger partial charge in [-0.05, 0) is 56.2 Å². The third-order valence-corrected chi connectivity index (χ3v) is 7.70. The summed E-state index contributed by atoms with van der Waals surface area (Å²) in [5, 5.41) is 3.20. The highest BCUT2D eigenvalue weighted by molar-refractivity contribution is 7.89. The Balaban J connectivity index is 1.72. The molecule has 1 atom stereocenters. The first-order valence-corrected chi connectivity index (χ1v) is 11.2. The van der Waals surface area contributed by atoms with Crippen molar-refractivity contribution < 1.29 is 22.7 Å². The Labute approximate surface area is 168 Å². The lowest BCUT2D eigenvalue weighted by Gasteiger charge is -2.32. The third-order valence-electron chi connectivity index (χ3n) is 4.69. The van der Waals surface area contributed by atoms with Crippen molar-refractivity contribution in [3.8, 4) is 0 Å². The van der Waals surface area contributed by atoms with Gasteiger partial charge in [0.2, 0.25) is 10.0 Å². The number of nitrogens with zero attached hydrogens (tertiary/aromatic N) is 1. The Hall–Kier alpha value is -2.23. The zero-order valence-electron chi connectivity index (χ0n) is 15.7. The number of carbonyl (C=O) groups excluding carboxylic acids is 2. The molecule has 150 valence electrons. The van der Waals surface area contributed by atoms with Crippen LogP contribution < -0.4 is 5.32 Å². The molecular weight excluding hydrogens is 400 g/mol. The van der Waals surface area contributed by atoms with Crippen LogP contribution in [0.2, 0.25) is 0 Å². The summed E-state index contributed by atoms with van der Waals surface area (Å²) < 4.78 is 31.9. The molecule has 2 aromatic rings. The second-order valence-corrected chi connectivity index (χ2v) is 9.57. The minimum absolute atomic E-state index is 0.0236. The molecule has 28 heavy (non-hydrogen) atoms. The zero-order chi connectivity index (χ0) is 20.3. The molecule has 1 saturated heterocycles. The van der Waals surface area contributed by atoms with Crippen LogP contribution in [0.1, 0.15) is 46.2 Å². The van der Waals surface area contributed by atoms with Gasteiger partial charge in [0.05, 0.1) is 17.0 Å². The van der Waals surface area contributed by atoms with Crippen LogP contribution in [-0.4, -0.2) is 44.3 Å². The molecule has 1 aliphatic rings. The highest BCUT2D eigenvalue weighted by atomic mass is 32.2. The van der Waals surface area contributed by atoms with E-state index in [0.717, 1.165) is 30.6 Å². The fourth-order valence-corrected chi connectivity index (χ4v) is 5.66. The van der Waals surface area contributed by atoms with Gasteiger partial charge in [0.15, 0.2) is 0 Å². The van der Waals surface area contributed by atoms with Crippen molar-refractivity contribution in [1.29, 1.82) is 0 Å². The Kier molecular flexibility index (Phi) is 6.17. The SMILES string of the molecule is COC(=O)c1ccc(NC(=O)c2ccc(S(=O)(=O)N3CCCC[C@@H]3C)cc2)s1. The maximum Gasteiger partial charge on any atom is 0.348 e. The molecule has 1 aromatic carbocycles. The fourth-order valence-electron chi connectivity index (χ4n) is 3.14. The Morgan fingerprint density at radius 1 is 1.14 bits per heavy atom. The number of nitrogens with one attached hydrogen (secondary N) is 1. The lowest BCUT2D eigenvalue weighted by Crippen LogP contribution is -2.41. The number of methoxy groups -OCH3 is 1. The van der Waals surface area contributed by atoms with E-state index in [0.29, 0.717) is 22.0 Å². The van der Waals surface area contributed by atoms with E-state index >= 15 is 0 Å². The maximum absolute atomic E-state index is 12.8. The van der Waals surface area contributed by atoms with Gasteiger partial charge in [-0.2, -0.15) is 4.31 Å². The molecule has 0 unspecified atom stereocenters. The lowest BCUT2D eigenvalue weighted by molar-refractivity contribution is 0.0606. The number of hydrogen-bond acceptors (Lipinski definition) is 6. The number of thiophene rings is 1. The minimum Gasteiger partial charge on any atom is -0.465 e. The Morgan fingerprint density at radius 3 is 2.50 bits per heavy atom. The van der Waals surface area contributed by atoms with E-state index in [4.69, 9.17) is 0 Å². The standard InChI is InChI=1S/C19H22N2O5S2/c1-13-5-3-4-12-21(13)28(24,25)15-8-6-14(7-9-15)18(22)20-17-11-10-16(27-17)19(23)26-2/h6-11,13H,3-5,12H2,1-2H3,(H,20,22)/t13-/m0/s1. The van der Waals surface area contributed by atoms with E-state index in [9.17, 15) is 18.0 Å². The summed E-state index contributed by atoms with van der Waals surface area (Å²) >= 11 is 1.11. The van der Waals surface area contributed by atoms with Gasteiger partial charge in [0.1, 0.15) is 4.88 Å². The smallest absolute Gasteiger partial charge is 0.348 e. The number of esters is 1. The van der Waals surface area contributed by atoms with Crippen molar-refractivity contribution in [3.05, 3.63) is 46.8 Å². The molecule has 0 bridgehead atoms. The summed E-state index contributed by atoms with van der Waals surface area (Å²) in [6.07, 6.45) is 2.75. The van der Waals surface area contributed by atoms with Gasteiger partial charge in [0, 0.05) is 18.2 Å². The second-order valence-electron chi connectivity index (χ2n) is 6.59. The highest BCUT2D eigenvalue weighted by Gasteiger charge is 2.30. The van der Waals surface area contributed by atoms with Crippen molar-refractivity contribution in [3.63, 3.8) is 0 Å². The number of rotatable bonds is 5. The van der Waals surface area contributed by atoms with Crippen molar-refractivity contribution >= 4 is 38.2 Å². The van der Waals surface area contributed by atoms with Crippen molar-refractivity contribution in [1.82, 2.24) is 4.31 Å². The average molecular weight is 423 g/mol. The maximum atomic E-state index is 12.8. The Morgan fingerprint density at radius 2 is 1.86 bits per heavy atom. The van der Waals surface area contributed by atoms with Crippen molar-refractivity contribution in [2.75, 3.05) is 19.0 Å². The summed E-state index contributed by atoms with van der Waals surface area (Å²) in [5.41, 5.74) is 0.332. The minimum atomic E-state index is -3.57. The average Bonchev–Trinajstić information content (AvgIpc) is 3.16. The molecule has 2 heterocycles. The normalized spacial score (nSPS) is 17.9. The van der Waals surface area contributed by atoms with Gasteiger partial charge in [-0.1, -0.05) is 6.42 Å². The van der Waals surface area contributed by atoms with Gasteiger partial charge in [0.25, 0.3) is 5.91 Å². The van der Waals surface area contributed by atoms with E-state index in [2.05, 4.69) is 10.1 Å². The number of anilines is 1. The predicted octanol–water partition coefficient (Wildman–Crippen LogP) is 3.35. The van der Waals surface area contributed by atoms with E-state index < -0.39 is 16.0 Å². The number of sulfonamides is 1. The number of ether oxygens (including phenoxy) is 1. The number of benzene rings is 1. The monoisotopic (exact) mass is 422 g/mol. The first-order chi connectivity index (χ1) is 13.3. The molecule has 1 fully saturated rings. The van der Waals surface area contributed by atoms with Crippen LogP contribution in [0.15, 0.2) is 41.3 Å². The lowest BCUT2D eigenvalue weighted by atomic mass is 10.1. The van der Waals surface area contributed by atoms with Crippen LogP contribution in [0.5, 0.6) is 0 Å². The van der Waals surface area contributed by atoms with Crippen LogP contribution in [-0.2, 0) is 14.8 Å². The molecule has 3 rings (SSSR count). The zero-order valence-corrected chi connectivity index (χ0v) is 17.3. The number of piperidine rings is 1. The van der Waals surface area contributed by atoms with Gasteiger partial charge < -0.3 is 10.1 Å². The van der Waals surface area contributed by atoms with Crippen LogP contribution >= 0.6 is 11.3 Å². The van der Waals surface area contributed by atoms with Gasteiger partial charge in [-0.15, -0.1) is 11.3 Å². The molecule has 0 aliphatic carbocycles. The number of hydrogen-bond donors (Lipinski definition) is 1. The molecule has 1 aliphatic heterocycles. The highest BCUT2D eigenvalue weighted by Crippen LogP contribution is 2.26. The molecule has 7 nitrogen and oxygen atoms in total. The van der Waals surface area contributed by atoms with Gasteiger partial charge in [-0.3, -0.25) is 4.79 Å². The first kappa shape index (κ1) is 20.5. The van der Waals surface area contributed by atoms with Crippen LogP contribution in [0.3, 0.4) is 0 Å². The summed E-state index contributed by atoms with van der Waals surface area (Å²) in [4.78, 5) is 24.4.